The molecule has 1 unspecified atom stereocenters. The summed E-state index contributed by atoms with van der Waals surface area (Å²) in [5.41, 5.74) is 0.973. The lowest BCUT2D eigenvalue weighted by Crippen LogP contribution is -2.54. The van der Waals surface area contributed by atoms with E-state index in [4.69, 9.17) is 4.52 Å². The number of hydrogen-bond donors (Lipinski definition) is 1. The number of aryl methyl sites for hydroxylation is 1. The fraction of sp³-hybridized carbons (Fsp3) is 0.733. The number of rotatable bonds is 4. The van der Waals surface area contributed by atoms with Crippen molar-refractivity contribution in [1.82, 2.24) is 20.3 Å². The van der Waals surface area contributed by atoms with Gasteiger partial charge in [-0.05, 0) is 25.9 Å². The van der Waals surface area contributed by atoms with Crippen molar-refractivity contribution in [1.29, 1.82) is 0 Å². The largest absolute Gasteiger partial charge is 0.361 e. The Balaban J connectivity index is 0.00000132. The van der Waals surface area contributed by atoms with Crippen LogP contribution >= 0.6 is 24.8 Å². The second kappa shape index (κ2) is 8.87. The van der Waals surface area contributed by atoms with Gasteiger partial charge >= 0.3 is 0 Å². The Bertz CT molecular complexity index is 499. The third kappa shape index (κ3) is 4.83. The van der Waals surface area contributed by atoms with Crippen molar-refractivity contribution in [2.75, 3.05) is 39.3 Å². The molecule has 2 aliphatic rings. The molecule has 132 valence electrons. The molecule has 1 N–H and O–H groups in total. The SMILES string of the molecule is Cc1cc(CN2CCN(C(=O)C(C)C3CNC3)CC2)no1.Cl.Cl. The zero-order valence-electron chi connectivity index (χ0n) is 13.7. The lowest BCUT2D eigenvalue weighted by Gasteiger charge is -2.39. The molecule has 0 radical (unpaired) electrons. The molecular formula is C15H26Cl2N4O2. The maximum absolute atomic E-state index is 12.5. The molecule has 3 rings (SSSR count). The van der Waals surface area contributed by atoms with E-state index >= 15 is 0 Å². The van der Waals surface area contributed by atoms with Gasteiger partial charge in [-0.2, -0.15) is 0 Å². The first-order valence-corrected chi connectivity index (χ1v) is 7.77. The Morgan fingerprint density at radius 3 is 2.48 bits per heavy atom. The number of carbonyl (C=O) groups excluding carboxylic acids is 1. The highest BCUT2D eigenvalue weighted by molar-refractivity contribution is 5.85. The molecule has 8 heteroatoms. The van der Waals surface area contributed by atoms with Gasteiger partial charge in [0.15, 0.2) is 0 Å². The monoisotopic (exact) mass is 364 g/mol. The van der Waals surface area contributed by atoms with Crippen LogP contribution in [-0.2, 0) is 11.3 Å². The van der Waals surface area contributed by atoms with Crippen LogP contribution in [0.2, 0.25) is 0 Å². The molecule has 2 saturated heterocycles. The zero-order chi connectivity index (χ0) is 14.8. The summed E-state index contributed by atoms with van der Waals surface area (Å²) in [5.74, 6) is 1.84. The summed E-state index contributed by atoms with van der Waals surface area (Å²) in [5, 5.41) is 7.27. The first kappa shape index (κ1) is 20.2. The Kier molecular flexibility index (Phi) is 7.80. The number of halogens is 2. The molecule has 1 amide bonds. The molecule has 0 aromatic carbocycles. The van der Waals surface area contributed by atoms with Crippen molar-refractivity contribution in [3.8, 4) is 0 Å². The van der Waals surface area contributed by atoms with Crippen molar-refractivity contribution >= 4 is 30.7 Å². The lowest BCUT2D eigenvalue weighted by atomic mass is 9.88. The highest BCUT2D eigenvalue weighted by Crippen LogP contribution is 2.19. The van der Waals surface area contributed by atoms with Crippen molar-refractivity contribution in [2.45, 2.75) is 20.4 Å². The normalized spacial score (nSPS) is 20.2. The fourth-order valence-electron chi connectivity index (χ4n) is 3.00. The third-order valence-corrected chi connectivity index (χ3v) is 4.66. The van der Waals surface area contributed by atoms with Crippen molar-refractivity contribution in [2.24, 2.45) is 11.8 Å². The van der Waals surface area contributed by atoms with Gasteiger partial charge < -0.3 is 14.7 Å². The van der Waals surface area contributed by atoms with Gasteiger partial charge in [0.05, 0.1) is 5.69 Å². The van der Waals surface area contributed by atoms with Crippen LogP contribution in [0.4, 0.5) is 0 Å². The van der Waals surface area contributed by atoms with Crippen LogP contribution in [0.3, 0.4) is 0 Å². The lowest BCUT2D eigenvalue weighted by molar-refractivity contribution is -0.139. The molecule has 0 bridgehead atoms. The first-order valence-electron chi connectivity index (χ1n) is 7.77. The molecule has 0 aliphatic carbocycles. The second-order valence-corrected chi connectivity index (χ2v) is 6.24. The Labute approximate surface area is 149 Å². The van der Waals surface area contributed by atoms with Crippen LogP contribution in [-0.4, -0.2) is 60.1 Å². The molecule has 23 heavy (non-hydrogen) atoms. The van der Waals surface area contributed by atoms with E-state index < -0.39 is 0 Å². The minimum atomic E-state index is 0. The van der Waals surface area contributed by atoms with Gasteiger partial charge in [-0.1, -0.05) is 12.1 Å². The third-order valence-electron chi connectivity index (χ3n) is 4.66. The van der Waals surface area contributed by atoms with E-state index in [-0.39, 0.29) is 30.7 Å². The topological polar surface area (TPSA) is 61.6 Å². The molecule has 1 atom stereocenters. The predicted octanol–water partition coefficient (Wildman–Crippen LogP) is 1.33. The molecule has 0 spiro atoms. The van der Waals surface area contributed by atoms with Crippen LogP contribution in [0.15, 0.2) is 10.6 Å². The standard InChI is InChI=1S/C15H24N4O2.2ClH/c1-11-7-14(17-21-11)10-18-3-5-19(6-4-18)15(20)12(2)13-8-16-9-13;;/h7,12-13,16H,3-6,8-10H2,1-2H3;2*1H. The number of aromatic nitrogens is 1. The van der Waals surface area contributed by atoms with Crippen LogP contribution in [0.5, 0.6) is 0 Å². The van der Waals surface area contributed by atoms with Crippen molar-refractivity contribution in [3.05, 3.63) is 17.5 Å². The van der Waals surface area contributed by atoms with E-state index in [9.17, 15) is 4.79 Å². The minimum Gasteiger partial charge on any atom is -0.361 e. The van der Waals surface area contributed by atoms with Crippen LogP contribution in [0.25, 0.3) is 0 Å². The maximum Gasteiger partial charge on any atom is 0.225 e. The summed E-state index contributed by atoms with van der Waals surface area (Å²) in [4.78, 5) is 16.8. The summed E-state index contributed by atoms with van der Waals surface area (Å²) in [6, 6.07) is 1.98. The van der Waals surface area contributed by atoms with E-state index in [1.54, 1.807) is 0 Å². The smallest absolute Gasteiger partial charge is 0.225 e. The van der Waals surface area contributed by atoms with Gasteiger partial charge in [0, 0.05) is 44.7 Å². The van der Waals surface area contributed by atoms with Gasteiger partial charge in [0.1, 0.15) is 5.76 Å². The van der Waals surface area contributed by atoms with E-state index in [1.165, 1.54) is 0 Å². The predicted molar refractivity (Wildman–Crippen MR) is 93.1 cm³/mol. The summed E-state index contributed by atoms with van der Waals surface area (Å²) >= 11 is 0. The first-order chi connectivity index (χ1) is 10.1. The highest BCUT2D eigenvalue weighted by atomic mass is 35.5. The fourth-order valence-corrected chi connectivity index (χ4v) is 3.00. The Hall–Kier alpha value is -0.820. The maximum atomic E-state index is 12.5. The van der Waals surface area contributed by atoms with E-state index in [1.807, 2.05) is 17.9 Å². The summed E-state index contributed by atoms with van der Waals surface area (Å²) in [7, 11) is 0. The number of nitrogens with zero attached hydrogens (tertiary/aromatic N) is 3. The molecule has 3 heterocycles. The number of nitrogens with one attached hydrogen (secondary N) is 1. The molecule has 1 aromatic rings. The Morgan fingerprint density at radius 2 is 2.00 bits per heavy atom. The van der Waals surface area contributed by atoms with Crippen LogP contribution in [0.1, 0.15) is 18.4 Å². The average Bonchev–Trinajstić information content (AvgIpc) is 2.82. The number of amides is 1. The van der Waals surface area contributed by atoms with Crippen LogP contribution < -0.4 is 5.32 Å². The molecule has 6 nitrogen and oxygen atoms in total. The average molecular weight is 365 g/mol. The van der Waals surface area contributed by atoms with Gasteiger partial charge in [0.2, 0.25) is 5.91 Å². The molecular weight excluding hydrogens is 339 g/mol. The van der Waals surface area contributed by atoms with E-state index in [2.05, 4.69) is 22.3 Å². The number of carbonyl (C=O) groups is 1. The van der Waals surface area contributed by atoms with Crippen molar-refractivity contribution in [3.63, 3.8) is 0 Å². The summed E-state index contributed by atoms with van der Waals surface area (Å²) in [6.07, 6.45) is 0. The number of hydrogen-bond acceptors (Lipinski definition) is 5. The van der Waals surface area contributed by atoms with Crippen LogP contribution in [0, 0.1) is 18.8 Å². The van der Waals surface area contributed by atoms with Gasteiger partial charge in [-0.3, -0.25) is 9.69 Å². The highest BCUT2D eigenvalue weighted by Gasteiger charge is 2.32. The van der Waals surface area contributed by atoms with Gasteiger partial charge in [0.25, 0.3) is 0 Å². The zero-order valence-corrected chi connectivity index (χ0v) is 15.3. The minimum absolute atomic E-state index is 0. The molecule has 0 saturated carbocycles. The quantitative estimate of drug-likeness (QED) is 0.872. The molecule has 1 aromatic heterocycles. The summed E-state index contributed by atoms with van der Waals surface area (Å²) < 4.78 is 5.09. The van der Waals surface area contributed by atoms with Gasteiger partial charge in [-0.25, -0.2) is 0 Å². The van der Waals surface area contributed by atoms with Crippen molar-refractivity contribution < 1.29 is 9.32 Å². The van der Waals surface area contributed by atoms with Gasteiger partial charge in [-0.15, -0.1) is 24.8 Å². The Morgan fingerprint density at radius 1 is 1.35 bits per heavy atom. The van der Waals surface area contributed by atoms with E-state index in [0.29, 0.717) is 11.8 Å². The second-order valence-electron chi connectivity index (χ2n) is 6.24. The molecule has 2 aliphatic heterocycles. The number of piperazine rings is 1. The molecule has 2 fully saturated rings. The van der Waals surface area contributed by atoms with E-state index in [0.717, 1.165) is 57.3 Å². The summed E-state index contributed by atoms with van der Waals surface area (Å²) in [6.45, 7) is 10.2.